The van der Waals surface area contributed by atoms with Gasteiger partial charge < -0.3 is 9.64 Å². The van der Waals surface area contributed by atoms with Crippen molar-refractivity contribution >= 4 is 11.9 Å². The minimum atomic E-state index is -0.369. The van der Waals surface area contributed by atoms with E-state index in [0.29, 0.717) is 19.7 Å². The molecule has 28 heavy (non-hydrogen) atoms. The quantitative estimate of drug-likeness (QED) is 0.415. The first-order valence-electron chi connectivity index (χ1n) is 10.2. The molecule has 0 saturated heterocycles. The average Bonchev–Trinajstić information content (AvgIpc) is 2.72. The van der Waals surface area contributed by atoms with Crippen LogP contribution in [0.15, 0.2) is 60.7 Å². The standard InChI is InChI=1S/C24H31NO3/c1-3-5-12-18-25(19-17-22(26)28-4-2)24(27)23(20-13-8-6-9-14-20)21-15-10-7-11-16-21/h6-11,13-16,23H,3-5,12,17-19H2,1-2H3. The fraction of sp³-hybridized carbons (Fsp3) is 0.417. The number of ether oxygens (including phenoxy) is 1. The predicted octanol–water partition coefficient (Wildman–Crippen LogP) is 4.79. The van der Waals surface area contributed by atoms with Gasteiger partial charge in [-0.2, -0.15) is 0 Å². The van der Waals surface area contributed by atoms with Crippen LogP contribution in [0, 0.1) is 0 Å². The second kappa shape index (κ2) is 12.0. The molecule has 2 aromatic rings. The average molecular weight is 382 g/mol. The van der Waals surface area contributed by atoms with Crippen molar-refractivity contribution in [3.63, 3.8) is 0 Å². The van der Waals surface area contributed by atoms with E-state index in [-0.39, 0.29) is 24.2 Å². The number of hydrogen-bond donors (Lipinski definition) is 0. The topological polar surface area (TPSA) is 46.6 Å². The van der Waals surface area contributed by atoms with Crippen molar-refractivity contribution in [1.82, 2.24) is 4.90 Å². The number of unbranched alkanes of at least 4 members (excludes halogenated alkanes) is 2. The molecular formula is C24H31NO3. The third kappa shape index (κ3) is 6.52. The van der Waals surface area contributed by atoms with Gasteiger partial charge in [-0.25, -0.2) is 0 Å². The molecular weight excluding hydrogens is 350 g/mol. The lowest BCUT2D eigenvalue weighted by molar-refractivity contribution is -0.144. The van der Waals surface area contributed by atoms with Gasteiger partial charge in [-0.3, -0.25) is 9.59 Å². The Morgan fingerprint density at radius 2 is 1.43 bits per heavy atom. The lowest BCUT2D eigenvalue weighted by atomic mass is 9.90. The Bertz CT molecular complexity index is 676. The number of carbonyl (C=O) groups excluding carboxylic acids is 2. The van der Waals surface area contributed by atoms with Crippen molar-refractivity contribution in [2.45, 2.75) is 45.4 Å². The third-order valence-corrected chi connectivity index (χ3v) is 4.75. The van der Waals surface area contributed by atoms with Gasteiger partial charge in [0, 0.05) is 13.1 Å². The smallest absolute Gasteiger partial charge is 0.307 e. The zero-order chi connectivity index (χ0) is 20.2. The van der Waals surface area contributed by atoms with Gasteiger partial charge in [-0.1, -0.05) is 80.4 Å². The van der Waals surface area contributed by atoms with Crippen LogP contribution >= 0.6 is 0 Å². The molecule has 2 aromatic carbocycles. The molecule has 0 unspecified atom stereocenters. The molecule has 0 heterocycles. The normalized spacial score (nSPS) is 10.7. The molecule has 0 N–H and O–H groups in total. The molecule has 2 rings (SSSR count). The van der Waals surface area contributed by atoms with Gasteiger partial charge in [-0.15, -0.1) is 0 Å². The van der Waals surface area contributed by atoms with Crippen LogP contribution in [0.2, 0.25) is 0 Å². The number of nitrogens with zero attached hydrogens (tertiary/aromatic N) is 1. The molecule has 0 fully saturated rings. The van der Waals surface area contributed by atoms with Crippen molar-refractivity contribution < 1.29 is 14.3 Å². The maximum Gasteiger partial charge on any atom is 0.307 e. The molecule has 0 aliphatic heterocycles. The molecule has 0 aromatic heterocycles. The van der Waals surface area contributed by atoms with Crippen LogP contribution in [0.25, 0.3) is 0 Å². The Kier molecular flexibility index (Phi) is 9.26. The Morgan fingerprint density at radius 3 is 1.93 bits per heavy atom. The maximum atomic E-state index is 13.6. The summed E-state index contributed by atoms with van der Waals surface area (Å²) in [4.78, 5) is 27.3. The summed E-state index contributed by atoms with van der Waals surface area (Å²) in [5.41, 5.74) is 1.94. The molecule has 0 aliphatic rings. The summed E-state index contributed by atoms with van der Waals surface area (Å²) in [6.07, 6.45) is 3.30. The Balaban J connectivity index is 2.26. The number of carbonyl (C=O) groups is 2. The van der Waals surface area contributed by atoms with Gasteiger partial charge in [0.1, 0.15) is 0 Å². The fourth-order valence-corrected chi connectivity index (χ4v) is 3.30. The number of benzene rings is 2. The summed E-state index contributed by atoms with van der Waals surface area (Å²) in [5, 5.41) is 0. The summed E-state index contributed by atoms with van der Waals surface area (Å²) in [7, 11) is 0. The minimum absolute atomic E-state index is 0.0396. The zero-order valence-corrected chi connectivity index (χ0v) is 17.0. The summed E-state index contributed by atoms with van der Waals surface area (Å²) < 4.78 is 5.05. The molecule has 0 aliphatic carbocycles. The number of rotatable bonds is 11. The van der Waals surface area contributed by atoms with Crippen LogP contribution < -0.4 is 0 Å². The largest absolute Gasteiger partial charge is 0.466 e. The first-order chi connectivity index (χ1) is 13.7. The Morgan fingerprint density at radius 1 is 0.857 bits per heavy atom. The predicted molar refractivity (Wildman–Crippen MR) is 112 cm³/mol. The van der Waals surface area contributed by atoms with Gasteiger partial charge in [-0.05, 0) is 24.5 Å². The van der Waals surface area contributed by atoms with E-state index in [0.717, 1.165) is 30.4 Å². The summed E-state index contributed by atoms with van der Waals surface area (Å²) in [6, 6.07) is 19.7. The molecule has 0 bridgehead atoms. The molecule has 1 amide bonds. The van der Waals surface area contributed by atoms with Crippen molar-refractivity contribution in [2.24, 2.45) is 0 Å². The van der Waals surface area contributed by atoms with Crippen LogP contribution in [0.3, 0.4) is 0 Å². The summed E-state index contributed by atoms with van der Waals surface area (Å²) >= 11 is 0. The van der Waals surface area contributed by atoms with E-state index in [1.165, 1.54) is 0 Å². The number of amides is 1. The van der Waals surface area contributed by atoms with Gasteiger partial charge in [0.25, 0.3) is 0 Å². The van der Waals surface area contributed by atoms with Crippen molar-refractivity contribution in [3.8, 4) is 0 Å². The van der Waals surface area contributed by atoms with Crippen LogP contribution in [-0.2, 0) is 14.3 Å². The highest BCUT2D eigenvalue weighted by atomic mass is 16.5. The van der Waals surface area contributed by atoms with Gasteiger partial charge in [0.2, 0.25) is 5.91 Å². The first-order valence-corrected chi connectivity index (χ1v) is 10.2. The second-order valence-corrected chi connectivity index (χ2v) is 6.84. The van der Waals surface area contributed by atoms with Gasteiger partial charge in [0.05, 0.1) is 18.9 Å². The van der Waals surface area contributed by atoms with Crippen molar-refractivity contribution in [3.05, 3.63) is 71.8 Å². The highest BCUT2D eigenvalue weighted by molar-refractivity contribution is 5.87. The van der Waals surface area contributed by atoms with Crippen molar-refractivity contribution in [2.75, 3.05) is 19.7 Å². The van der Waals surface area contributed by atoms with E-state index in [9.17, 15) is 9.59 Å². The lowest BCUT2D eigenvalue weighted by Gasteiger charge is -2.28. The Labute approximate surface area is 168 Å². The fourth-order valence-electron chi connectivity index (χ4n) is 3.30. The lowest BCUT2D eigenvalue weighted by Crippen LogP contribution is -2.38. The number of hydrogen-bond acceptors (Lipinski definition) is 3. The van der Waals surface area contributed by atoms with E-state index in [1.54, 1.807) is 6.92 Å². The first kappa shape index (κ1) is 21.7. The van der Waals surface area contributed by atoms with Crippen LogP contribution in [-0.4, -0.2) is 36.5 Å². The molecule has 0 saturated carbocycles. The van der Waals surface area contributed by atoms with E-state index in [1.807, 2.05) is 65.6 Å². The SMILES string of the molecule is CCCCCN(CCC(=O)OCC)C(=O)C(c1ccccc1)c1ccccc1. The summed E-state index contributed by atoms with van der Waals surface area (Å²) in [6.45, 7) is 5.34. The Hall–Kier alpha value is -2.62. The van der Waals surface area contributed by atoms with E-state index in [4.69, 9.17) is 4.74 Å². The van der Waals surface area contributed by atoms with E-state index >= 15 is 0 Å². The molecule has 0 atom stereocenters. The zero-order valence-electron chi connectivity index (χ0n) is 17.0. The molecule has 0 spiro atoms. The van der Waals surface area contributed by atoms with Gasteiger partial charge in [0.15, 0.2) is 0 Å². The highest BCUT2D eigenvalue weighted by Crippen LogP contribution is 2.27. The third-order valence-electron chi connectivity index (χ3n) is 4.75. The monoisotopic (exact) mass is 381 g/mol. The van der Waals surface area contributed by atoms with Crippen LogP contribution in [0.4, 0.5) is 0 Å². The minimum Gasteiger partial charge on any atom is -0.466 e. The van der Waals surface area contributed by atoms with Gasteiger partial charge >= 0.3 is 5.97 Å². The molecule has 4 heteroatoms. The second-order valence-electron chi connectivity index (χ2n) is 6.84. The molecule has 0 radical (unpaired) electrons. The molecule has 4 nitrogen and oxygen atoms in total. The number of esters is 1. The van der Waals surface area contributed by atoms with Crippen molar-refractivity contribution in [1.29, 1.82) is 0 Å². The van der Waals surface area contributed by atoms with Crippen LogP contribution in [0.5, 0.6) is 0 Å². The van der Waals surface area contributed by atoms with E-state index in [2.05, 4.69) is 6.92 Å². The van der Waals surface area contributed by atoms with E-state index < -0.39 is 0 Å². The van der Waals surface area contributed by atoms with Crippen LogP contribution in [0.1, 0.15) is 56.6 Å². The molecule has 150 valence electrons. The maximum absolute atomic E-state index is 13.6. The highest BCUT2D eigenvalue weighted by Gasteiger charge is 2.27. The summed E-state index contributed by atoms with van der Waals surface area (Å²) in [5.74, 6) is -0.587.